The van der Waals surface area contributed by atoms with E-state index in [9.17, 15) is 5.11 Å². The Labute approximate surface area is 92.3 Å². The molecule has 2 N–H and O–H groups in total. The number of aliphatic hydroxyl groups excluding tert-OH is 1. The van der Waals surface area contributed by atoms with Crippen molar-refractivity contribution in [3.8, 4) is 0 Å². The van der Waals surface area contributed by atoms with Gasteiger partial charge in [0.05, 0.1) is 12.1 Å². The zero-order valence-electron chi connectivity index (χ0n) is 10.0. The van der Waals surface area contributed by atoms with E-state index in [1.165, 1.54) is 5.56 Å². The Balaban J connectivity index is 2.95. The highest BCUT2D eigenvalue weighted by Crippen LogP contribution is 2.21. The van der Waals surface area contributed by atoms with E-state index < -0.39 is 0 Å². The highest BCUT2D eigenvalue weighted by atomic mass is 16.3. The van der Waals surface area contributed by atoms with Gasteiger partial charge in [0.25, 0.3) is 0 Å². The Hall–Kier alpha value is -0.860. The van der Waals surface area contributed by atoms with E-state index >= 15 is 0 Å². The van der Waals surface area contributed by atoms with Gasteiger partial charge in [0.2, 0.25) is 0 Å². The van der Waals surface area contributed by atoms with E-state index in [0.29, 0.717) is 6.04 Å². The first-order chi connectivity index (χ1) is 6.98. The monoisotopic (exact) mass is 207 g/mol. The lowest BCUT2D eigenvalue weighted by molar-refractivity contribution is 0.166. The van der Waals surface area contributed by atoms with E-state index in [0.717, 1.165) is 5.56 Å². The molecule has 1 unspecified atom stereocenters. The number of hydrogen-bond donors (Lipinski definition) is 2. The summed E-state index contributed by atoms with van der Waals surface area (Å²) in [6, 6.07) is 8.64. The Morgan fingerprint density at radius 3 is 2.20 bits per heavy atom. The molecule has 0 aromatic heterocycles. The molecule has 0 amide bonds. The van der Waals surface area contributed by atoms with E-state index in [-0.39, 0.29) is 12.1 Å². The zero-order chi connectivity index (χ0) is 11.5. The van der Waals surface area contributed by atoms with Crippen LogP contribution >= 0.6 is 0 Å². The zero-order valence-corrected chi connectivity index (χ0v) is 10.0. The maximum absolute atomic E-state index is 9.49. The molecule has 0 heterocycles. The van der Waals surface area contributed by atoms with Gasteiger partial charge in [0.1, 0.15) is 0 Å². The lowest BCUT2D eigenvalue weighted by atomic mass is 9.91. The van der Waals surface area contributed by atoms with Crippen LogP contribution in [0.2, 0.25) is 0 Å². The van der Waals surface area contributed by atoms with Crippen LogP contribution in [0.4, 0.5) is 0 Å². The number of aryl methyl sites for hydroxylation is 1. The molecule has 0 aliphatic rings. The van der Waals surface area contributed by atoms with Crippen LogP contribution in [-0.2, 0) is 5.54 Å². The maximum Gasteiger partial charge on any atom is 0.0652 e. The Morgan fingerprint density at radius 1 is 1.27 bits per heavy atom. The Morgan fingerprint density at radius 2 is 1.80 bits per heavy atom. The molecule has 0 saturated carbocycles. The van der Waals surface area contributed by atoms with Crippen molar-refractivity contribution in [2.45, 2.75) is 39.3 Å². The third-order valence-electron chi connectivity index (χ3n) is 2.61. The summed E-state index contributed by atoms with van der Waals surface area (Å²) in [5.74, 6) is 0. The first-order valence-corrected chi connectivity index (χ1v) is 5.43. The summed E-state index contributed by atoms with van der Waals surface area (Å²) in [6.45, 7) is 8.37. The molecule has 2 heteroatoms. The second kappa shape index (κ2) is 4.77. The van der Waals surface area contributed by atoms with E-state index in [2.05, 4.69) is 50.4 Å². The largest absolute Gasteiger partial charge is 0.394 e. The van der Waals surface area contributed by atoms with Gasteiger partial charge in [-0.3, -0.25) is 0 Å². The quantitative estimate of drug-likeness (QED) is 0.793. The maximum atomic E-state index is 9.49. The molecule has 1 aromatic rings. The molecule has 1 rings (SSSR count). The molecule has 84 valence electrons. The fourth-order valence-electron chi connectivity index (χ4n) is 1.78. The van der Waals surface area contributed by atoms with Crippen LogP contribution in [0.15, 0.2) is 24.3 Å². The third-order valence-corrected chi connectivity index (χ3v) is 2.61. The number of aliphatic hydroxyl groups is 1. The fraction of sp³-hybridized carbons (Fsp3) is 0.538. The molecule has 0 aliphatic carbocycles. The normalized spacial score (nSPS) is 15.3. The molecular weight excluding hydrogens is 186 g/mol. The summed E-state index contributed by atoms with van der Waals surface area (Å²) in [5, 5.41) is 12.9. The lowest BCUT2D eigenvalue weighted by Crippen LogP contribution is -2.46. The van der Waals surface area contributed by atoms with Gasteiger partial charge in [0.15, 0.2) is 0 Å². The lowest BCUT2D eigenvalue weighted by Gasteiger charge is -2.31. The molecule has 0 radical (unpaired) electrons. The molecule has 0 fully saturated rings. The highest BCUT2D eigenvalue weighted by Gasteiger charge is 2.25. The van der Waals surface area contributed by atoms with Gasteiger partial charge in [-0.2, -0.15) is 0 Å². The van der Waals surface area contributed by atoms with Gasteiger partial charge < -0.3 is 10.4 Å². The van der Waals surface area contributed by atoms with Gasteiger partial charge in [-0.25, -0.2) is 0 Å². The summed E-state index contributed by atoms with van der Waals surface area (Å²) in [7, 11) is 0. The van der Waals surface area contributed by atoms with E-state index in [1.807, 2.05) is 6.92 Å². The van der Waals surface area contributed by atoms with Crippen LogP contribution in [0.25, 0.3) is 0 Å². The van der Waals surface area contributed by atoms with Crippen LogP contribution in [0.5, 0.6) is 0 Å². The van der Waals surface area contributed by atoms with E-state index in [1.54, 1.807) is 0 Å². The SMILES string of the molecule is Cc1ccc(C(C)(CO)NC(C)C)cc1. The molecule has 1 aromatic carbocycles. The van der Waals surface area contributed by atoms with Crippen LogP contribution in [0.1, 0.15) is 31.9 Å². The molecule has 0 bridgehead atoms. The van der Waals surface area contributed by atoms with Crippen molar-refractivity contribution in [1.82, 2.24) is 5.32 Å². The van der Waals surface area contributed by atoms with Crippen LogP contribution in [-0.4, -0.2) is 17.8 Å². The molecule has 2 nitrogen and oxygen atoms in total. The van der Waals surface area contributed by atoms with Crippen molar-refractivity contribution in [3.05, 3.63) is 35.4 Å². The smallest absolute Gasteiger partial charge is 0.0652 e. The standard InChI is InChI=1S/C13H21NO/c1-10(2)14-13(4,9-15)12-7-5-11(3)6-8-12/h5-8,10,14-15H,9H2,1-4H3. The number of benzene rings is 1. The first kappa shape index (κ1) is 12.2. The molecule has 0 saturated heterocycles. The van der Waals surface area contributed by atoms with Crippen LogP contribution < -0.4 is 5.32 Å². The molecule has 0 aliphatic heterocycles. The minimum atomic E-state index is -0.345. The summed E-state index contributed by atoms with van der Waals surface area (Å²) in [4.78, 5) is 0. The summed E-state index contributed by atoms with van der Waals surface area (Å²) in [5.41, 5.74) is 2.02. The predicted molar refractivity (Wildman–Crippen MR) is 63.9 cm³/mol. The number of rotatable bonds is 4. The van der Waals surface area contributed by atoms with Crippen LogP contribution in [0.3, 0.4) is 0 Å². The second-order valence-corrected chi connectivity index (χ2v) is 4.66. The minimum Gasteiger partial charge on any atom is -0.394 e. The summed E-state index contributed by atoms with van der Waals surface area (Å²) >= 11 is 0. The molecule has 0 spiro atoms. The van der Waals surface area contributed by atoms with E-state index in [4.69, 9.17) is 0 Å². The van der Waals surface area contributed by atoms with Gasteiger partial charge in [-0.05, 0) is 33.3 Å². The third kappa shape index (κ3) is 3.05. The number of hydrogen-bond acceptors (Lipinski definition) is 2. The minimum absolute atomic E-state index is 0.105. The first-order valence-electron chi connectivity index (χ1n) is 5.43. The van der Waals surface area contributed by atoms with Gasteiger partial charge in [-0.15, -0.1) is 0 Å². The number of nitrogens with one attached hydrogen (secondary N) is 1. The van der Waals surface area contributed by atoms with Crippen molar-refractivity contribution in [3.63, 3.8) is 0 Å². The van der Waals surface area contributed by atoms with Gasteiger partial charge in [0, 0.05) is 6.04 Å². The van der Waals surface area contributed by atoms with Crippen molar-refractivity contribution in [2.75, 3.05) is 6.61 Å². The van der Waals surface area contributed by atoms with Crippen LogP contribution in [0, 0.1) is 6.92 Å². The average Bonchev–Trinajstić information content (AvgIpc) is 2.17. The second-order valence-electron chi connectivity index (χ2n) is 4.66. The van der Waals surface area contributed by atoms with Gasteiger partial charge >= 0.3 is 0 Å². The molecule has 1 atom stereocenters. The predicted octanol–water partition coefficient (Wildman–Crippen LogP) is 2.20. The topological polar surface area (TPSA) is 32.3 Å². The van der Waals surface area contributed by atoms with Gasteiger partial charge in [-0.1, -0.05) is 29.8 Å². The van der Waals surface area contributed by atoms with Crippen molar-refractivity contribution in [1.29, 1.82) is 0 Å². The Kier molecular flexibility index (Phi) is 3.89. The summed E-state index contributed by atoms with van der Waals surface area (Å²) in [6.07, 6.45) is 0. The Bertz CT molecular complexity index is 305. The highest BCUT2D eigenvalue weighted by molar-refractivity contribution is 5.27. The molecular formula is C13H21NO. The molecule has 15 heavy (non-hydrogen) atoms. The van der Waals surface area contributed by atoms with Crippen molar-refractivity contribution in [2.24, 2.45) is 0 Å². The van der Waals surface area contributed by atoms with Crippen molar-refractivity contribution < 1.29 is 5.11 Å². The average molecular weight is 207 g/mol. The van der Waals surface area contributed by atoms with Crippen molar-refractivity contribution >= 4 is 0 Å². The fourth-order valence-corrected chi connectivity index (χ4v) is 1.78. The summed E-state index contributed by atoms with van der Waals surface area (Å²) < 4.78 is 0.